The molecule has 0 amide bonds. The summed E-state index contributed by atoms with van der Waals surface area (Å²) >= 11 is 1.37. The molecule has 152 valence electrons. The standard InChI is InChI=1S/C21H14F6OS/c22-20(23,24)17-5-1-3-13(9-17)7-15-11-29-12-16(19(15)28)8-14-4-2-6-18(10-14)21(25,26)27/h1-10H,11-12H2/b15-7+,16-8+. The highest BCUT2D eigenvalue weighted by Gasteiger charge is 2.31. The van der Waals surface area contributed by atoms with Gasteiger partial charge in [-0.3, -0.25) is 4.79 Å². The third kappa shape index (κ3) is 5.32. The quantitative estimate of drug-likeness (QED) is 0.401. The zero-order valence-electron chi connectivity index (χ0n) is 14.8. The SMILES string of the molecule is O=C1/C(=C/c2cccc(C(F)(F)F)c2)CSC/C1=C\c1cccc(C(F)(F)F)c1. The average Bonchev–Trinajstić information content (AvgIpc) is 2.64. The fourth-order valence-electron chi connectivity index (χ4n) is 2.83. The summed E-state index contributed by atoms with van der Waals surface area (Å²) in [6, 6.07) is 9.24. The zero-order chi connectivity index (χ0) is 21.2. The highest BCUT2D eigenvalue weighted by atomic mass is 32.2. The Bertz CT molecular complexity index is 908. The molecule has 0 radical (unpaired) electrons. The number of carbonyl (C=O) groups is 1. The van der Waals surface area contributed by atoms with Gasteiger partial charge in [0.2, 0.25) is 0 Å². The first-order valence-electron chi connectivity index (χ1n) is 8.42. The van der Waals surface area contributed by atoms with Gasteiger partial charge in [-0.15, -0.1) is 0 Å². The molecule has 0 spiro atoms. The Morgan fingerprint density at radius 1 is 0.724 bits per heavy atom. The maximum Gasteiger partial charge on any atom is 0.416 e. The van der Waals surface area contributed by atoms with E-state index in [4.69, 9.17) is 0 Å². The van der Waals surface area contributed by atoms with Crippen molar-refractivity contribution in [3.8, 4) is 0 Å². The minimum absolute atomic E-state index is 0.240. The second-order valence-corrected chi connectivity index (χ2v) is 7.39. The number of hydrogen-bond acceptors (Lipinski definition) is 2. The van der Waals surface area contributed by atoms with Crippen LogP contribution in [0, 0.1) is 0 Å². The summed E-state index contributed by atoms with van der Waals surface area (Å²) in [5, 5.41) is 0. The van der Waals surface area contributed by atoms with E-state index in [9.17, 15) is 31.1 Å². The van der Waals surface area contributed by atoms with E-state index in [1.165, 1.54) is 48.2 Å². The fraction of sp³-hybridized carbons (Fsp3) is 0.190. The number of benzene rings is 2. The van der Waals surface area contributed by atoms with Crippen LogP contribution in [0.1, 0.15) is 22.3 Å². The van der Waals surface area contributed by atoms with Crippen LogP contribution >= 0.6 is 11.8 Å². The summed E-state index contributed by atoms with van der Waals surface area (Å²) < 4.78 is 77.2. The first kappa shape index (κ1) is 21.2. The van der Waals surface area contributed by atoms with Crippen molar-refractivity contribution in [1.29, 1.82) is 0 Å². The van der Waals surface area contributed by atoms with Gasteiger partial charge in [0, 0.05) is 22.7 Å². The van der Waals surface area contributed by atoms with Gasteiger partial charge in [0.15, 0.2) is 5.78 Å². The number of ketones is 1. The van der Waals surface area contributed by atoms with E-state index in [1.54, 1.807) is 0 Å². The minimum Gasteiger partial charge on any atom is -0.289 e. The zero-order valence-corrected chi connectivity index (χ0v) is 15.6. The Hall–Kier alpha value is -2.48. The summed E-state index contributed by atoms with van der Waals surface area (Å²) in [6.45, 7) is 0. The van der Waals surface area contributed by atoms with E-state index in [0.717, 1.165) is 24.3 Å². The van der Waals surface area contributed by atoms with Crippen molar-refractivity contribution in [3.05, 3.63) is 81.9 Å². The molecule has 1 nitrogen and oxygen atoms in total. The van der Waals surface area contributed by atoms with Gasteiger partial charge in [0.25, 0.3) is 0 Å². The topological polar surface area (TPSA) is 17.1 Å². The molecule has 1 aliphatic heterocycles. The van der Waals surface area contributed by atoms with Gasteiger partial charge in [0.05, 0.1) is 11.1 Å². The molecule has 1 fully saturated rings. The van der Waals surface area contributed by atoms with Crippen molar-refractivity contribution in [2.45, 2.75) is 12.4 Å². The Kier molecular flexibility index (Phi) is 5.93. The van der Waals surface area contributed by atoms with E-state index in [-0.39, 0.29) is 16.9 Å². The molecular weight excluding hydrogens is 414 g/mol. The summed E-state index contributed by atoms with van der Waals surface area (Å²) in [4.78, 5) is 12.7. The van der Waals surface area contributed by atoms with Crippen LogP contribution in [0.5, 0.6) is 0 Å². The highest BCUT2D eigenvalue weighted by Crippen LogP contribution is 2.33. The highest BCUT2D eigenvalue weighted by molar-refractivity contribution is 7.99. The molecule has 0 aromatic heterocycles. The number of alkyl halides is 6. The number of halogens is 6. The molecule has 2 aromatic rings. The second kappa shape index (κ2) is 8.10. The smallest absolute Gasteiger partial charge is 0.289 e. The average molecular weight is 428 g/mol. The number of Topliss-reactive ketones (excluding diaryl/α,β-unsaturated/α-hetero) is 1. The van der Waals surface area contributed by atoms with Crippen LogP contribution in [-0.2, 0) is 17.1 Å². The third-order valence-electron chi connectivity index (χ3n) is 4.21. The van der Waals surface area contributed by atoms with E-state index in [0.29, 0.717) is 22.7 Å². The molecule has 1 saturated heterocycles. The predicted octanol–water partition coefficient (Wildman–Crippen LogP) is 6.51. The van der Waals surface area contributed by atoms with Crippen LogP contribution in [0.4, 0.5) is 26.3 Å². The molecule has 0 N–H and O–H groups in total. The van der Waals surface area contributed by atoms with Gasteiger partial charge < -0.3 is 0 Å². The lowest BCUT2D eigenvalue weighted by atomic mass is 9.99. The van der Waals surface area contributed by atoms with Gasteiger partial charge in [-0.2, -0.15) is 38.1 Å². The molecule has 0 unspecified atom stereocenters. The molecule has 3 rings (SSSR count). The van der Waals surface area contributed by atoms with E-state index in [1.807, 2.05) is 0 Å². The first-order valence-corrected chi connectivity index (χ1v) is 9.57. The molecule has 2 aromatic carbocycles. The summed E-state index contributed by atoms with van der Waals surface area (Å²) in [7, 11) is 0. The molecule has 0 aliphatic carbocycles. The molecule has 8 heteroatoms. The molecule has 1 aliphatic rings. The summed E-state index contributed by atoms with van der Waals surface area (Å²) in [5.74, 6) is 0.253. The van der Waals surface area contributed by atoms with Crippen molar-refractivity contribution >= 4 is 29.7 Å². The fourth-order valence-corrected chi connectivity index (χ4v) is 3.81. The monoisotopic (exact) mass is 428 g/mol. The first-order chi connectivity index (χ1) is 13.5. The van der Waals surface area contributed by atoms with Gasteiger partial charge in [-0.25, -0.2) is 0 Å². The molecule has 1 heterocycles. The van der Waals surface area contributed by atoms with Crippen LogP contribution in [0.25, 0.3) is 12.2 Å². The van der Waals surface area contributed by atoms with Crippen molar-refractivity contribution in [2.75, 3.05) is 11.5 Å². The Labute approximate surface area is 167 Å². The number of carbonyl (C=O) groups excluding carboxylic acids is 1. The van der Waals surface area contributed by atoms with Crippen LogP contribution in [0.15, 0.2) is 59.7 Å². The largest absolute Gasteiger partial charge is 0.416 e. The van der Waals surface area contributed by atoms with Crippen LogP contribution < -0.4 is 0 Å². The Morgan fingerprint density at radius 2 is 1.14 bits per heavy atom. The molecular formula is C21H14F6OS. The van der Waals surface area contributed by atoms with Crippen molar-refractivity contribution in [3.63, 3.8) is 0 Å². The van der Waals surface area contributed by atoms with E-state index < -0.39 is 23.5 Å². The van der Waals surface area contributed by atoms with Gasteiger partial charge in [0.1, 0.15) is 0 Å². The lowest BCUT2D eigenvalue weighted by molar-refractivity contribution is -0.138. The molecule has 0 atom stereocenters. The van der Waals surface area contributed by atoms with E-state index >= 15 is 0 Å². The normalized spacial score (nSPS) is 18.5. The molecule has 0 bridgehead atoms. The van der Waals surface area contributed by atoms with Crippen molar-refractivity contribution in [1.82, 2.24) is 0 Å². The Morgan fingerprint density at radius 3 is 1.52 bits per heavy atom. The van der Waals surface area contributed by atoms with Crippen LogP contribution in [-0.4, -0.2) is 17.3 Å². The maximum atomic E-state index is 12.9. The molecule has 29 heavy (non-hydrogen) atoms. The lowest BCUT2D eigenvalue weighted by Gasteiger charge is -2.17. The third-order valence-corrected chi connectivity index (χ3v) is 5.24. The minimum atomic E-state index is -4.49. The van der Waals surface area contributed by atoms with Crippen molar-refractivity contribution in [2.24, 2.45) is 0 Å². The van der Waals surface area contributed by atoms with Crippen molar-refractivity contribution < 1.29 is 31.1 Å². The summed E-state index contributed by atoms with van der Waals surface area (Å²) in [6.07, 6.45) is -6.20. The maximum absolute atomic E-state index is 12.9. The van der Waals surface area contributed by atoms with Gasteiger partial charge in [-0.1, -0.05) is 24.3 Å². The van der Waals surface area contributed by atoms with E-state index in [2.05, 4.69) is 0 Å². The number of hydrogen-bond donors (Lipinski definition) is 0. The number of thioether (sulfide) groups is 1. The van der Waals surface area contributed by atoms with Gasteiger partial charge >= 0.3 is 12.4 Å². The second-order valence-electron chi connectivity index (χ2n) is 6.41. The molecule has 0 saturated carbocycles. The lowest BCUT2D eigenvalue weighted by Crippen LogP contribution is -2.16. The van der Waals surface area contributed by atoms with Crippen LogP contribution in [0.3, 0.4) is 0 Å². The van der Waals surface area contributed by atoms with Gasteiger partial charge in [-0.05, 0) is 47.5 Å². The predicted molar refractivity (Wildman–Crippen MR) is 101 cm³/mol. The Balaban J connectivity index is 1.90. The van der Waals surface area contributed by atoms with Crippen LogP contribution in [0.2, 0.25) is 0 Å². The summed E-state index contributed by atoms with van der Waals surface area (Å²) in [5.41, 5.74) is -0.546. The number of rotatable bonds is 2.